The number of nitriles is 1. The van der Waals surface area contributed by atoms with Gasteiger partial charge in [-0.1, -0.05) is 0 Å². The first-order chi connectivity index (χ1) is 15.2. The van der Waals surface area contributed by atoms with Gasteiger partial charge in [0, 0.05) is 36.8 Å². The van der Waals surface area contributed by atoms with Crippen LogP contribution in [0, 0.1) is 17.2 Å². The average molecular weight is 418 g/mol. The monoisotopic (exact) mass is 418 g/mol. The van der Waals surface area contributed by atoms with E-state index in [9.17, 15) is 10.1 Å². The Morgan fingerprint density at radius 1 is 1.35 bits per heavy atom. The van der Waals surface area contributed by atoms with Gasteiger partial charge in [-0.3, -0.25) is 4.79 Å². The Morgan fingerprint density at radius 2 is 2.26 bits per heavy atom. The Labute approximate surface area is 179 Å². The Bertz CT molecular complexity index is 1160. The van der Waals surface area contributed by atoms with Crippen molar-refractivity contribution in [3.63, 3.8) is 0 Å². The first kappa shape index (κ1) is 19.5. The molecule has 0 bridgehead atoms. The van der Waals surface area contributed by atoms with Crippen molar-refractivity contribution in [2.75, 3.05) is 31.6 Å². The van der Waals surface area contributed by atoms with Crippen LogP contribution >= 0.6 is 0 Å². The van der Waals surface area contributed by atoms with Gasteiger partial charge in [-0.05, 0) is 36.6 Å². The van der Waals surface area contributed by atoms with E-state index in [1.54, 1.807) is 16.8 Å². The van der Waals surface area contributed by atoms with Crippen LogP contribution in [0.15, 0.2) is 36.7 Å². The molecule has 0 aromatic carbocycles. The van der Waals surface area contributed by atoms with E-state index in [0.29, 0.717) is 37.0 Å². The van der Waals surface area contributed by atoms with Crippen LogP contribution in [-0.2, 0) is 9.53 Å². The number of anilines is 1. The number of nitrogens with zero attached hydrogens (tertiary/aromatic N) is 4. The van der Waals surface area contributed by atoms with Gasteiger partial charge in [0.15, 0.2) is 5.82 Å². The second-order valence-corrected chi connectivity index (χ2v) is 7.77. The second-order valence-electron chi connectivity index (χ2n) is 7.77. The van der Waals surface area contributed by atoms with Crippen LogP contribution in [-0.4, -0.2) is 52.9 Å². The molecule has 5 rings (SSSR count). The molecular formula is C22H22N6O3. The molecule has 1 amide bonds. The third kappa shape index (κ3) is 4.35. The molecule has 1 saturated heterocycles. The number of hydrogen-bond acceptors (Lipinski definition) is 7. The Hall–Kier alpha value is -3.48. The zero-order chi connectivity index (χ0) is 21.2. The zero-order valence-corrected chi connectivity index (χ0v) is 16.9. The lowest BCUT2D eigenvalue weighted by Gasteiger charge is -2.19. The smallest absolute Gasteiger partial charge is 0.228 e. The van der Waals surface area contributed by atoms with Gasteiger partial charge in [0.2, 0.25) is 5.91 Å². The van der Waals surface area contributed by atoms with E-state index < -0.39 is 0 Å². The second kappa shape index (κ2) is 8.34. The number of pyridine rings is 2. The summed E-state index contributed by atoms with van der Waals surface area (Å²) in [4.78, 5) is 16.2. The quantitative estimate of drug-likeness (QED) is 0.651. The first-order valence-electron chi connectivity index (χ1n) is 10.4. The lowest BCUT2D eigenvalue weighted by atomic mass is 10.1. The van der Waals surface area contributed by atoms with Crippen molar-refractivity contribution >= 4 is 17.2 Å². The van der Waals surface area contributed by atoms with Crippen molar-refractivity contribution < 1.29 is 14.3 Å². The molecule has 2 aliphatic rings. The van der Waals surface area contributed by atoms with Gasteiger partial charge in [0.05, 0.1) is 24.9 Å². The summed E-state index contributed by atoms with van der Waals surface area (Å²) in [7, 11) is 0. The molecule has 1 saturated carbocycles. The summed E-state index contributed by atoms with van der Waals surface area (Å²) in [5, 5.41) is 19.9. The number of hydrogen-bond donors (Lipinski definition) is 2. The normalized spacial score (nSPS) is 18.9. The number of carbonyl (C=O) groups excluding carboxylic acids is 1. The summed E-state index contributed by atoms with van der Waals surface area (Å²) in [5.74, 6) is 1.25. The first-order valence-corrected chi connectivity index (χ1v) is 10.4. The molecule has 158 valence electrons. The molecule has 2 fully saturated rings. The highest BCUT2D eigenvalue weighted by molar-refractivity contribution is 5.93. The largest absolute Gasteiger partial charge is 0.484 e. The minimum atomic E-state index is -0.154. The summed E-state index contributed by atoms with van der Waals surface area (Å²) in [6.45, 7) is 2.59. The molecule has 9 nitrogen and oxygen atoms in total. The third-order valence-corrected chi connectivity index (χ3v) is 5.35. The molecule has 1 aliphatic heterocycles. The molecular weight excluding hydrogens is 396 g/mol. The summed E-state index contributed by atoms with van der Waals surface area (Å²) >= 11 is 0. The maximum absolute atomic E-state index is 12.0. The Morgan fingerprint density at radius 3 is 3.10 bits per heavy atom. The molecule has 4 heterocycles. The molecule has 1 aliphatic carbocycles. The van der Waals surface area contributed by atoms with Crippen LogP contribution in [0.3, 0.4) is 0 Å². The van der Waals surface area contributed by atoms with Gasteiger partial charge >= 0.3 is 0 Å². The van der Waals surface area contributed by atoms with E-state index in [1.165, 1.54) is 0 Å². The summed E-state index contributed by atoms with van der Waals surface area (Å²) in [6.07, 6.45) is 5.14. The Kier molecular flexibility index (Phi) is 5.24. The SMILES string of the molecule is N#Cc1cc(-c2ccn3nc(NC(=O)C4CC4)cc3c2)c(O[C@@H]2CNCCOC2)cn1. The van der Waals surface area contributed by atoms with Gasteiger partial charge in [0.25, 0.3) is 0 Å². The van der Waals surface area contributed by atoms with Crippen LogP contribution in [0.2, 0.25) is 0 Å². The topological polar surface area (TPSA) is 114 Å². The predicted molar refractivity (Wildman–Crippen MR) is 113 cm³/mol. The van der Waals surface area contributed by atoms with Crippen molar-refractivity contribution in [3.05, 3.63) is 42.4 Å². The third-order valence-electron chi connectivity index (χ3n) is 5.35. The van der Waals surface area contributed by atoms with Crippen molar-refractivity contribution in [3.8, 4) is 22.9 Å². The fraction of sp³-hybridized carbons (Fsp3) is 0.364. The zero-order valence-electron chi connectivity index (χ0n) is 16.9. The average Bonchev–Trinajstić information content (AvgIpc) is 3.59. The van der Waals surface area contributed by atoms with E-state index >= 15 is 0 Å². The molecule has 0 spiro atoms. The van der Waals surface area contributed by atoms with E-state index in [0.717, 1.165) is 36.0 Å². The fourth-order valence-electron chi connectivity index (χ4n) is 3.56. The van der Waals surface area contributed by atoms with Crippen molar-refractivity contribution in [1.82, 2.24) is 19.9 Å². The van der Waals surface area contributed by atoms with E-state index in [4.69, 9.17) is 9.47 Å². The predicted octanol–water partition coefficient (Wildman–Crippen LogP) is 1.98. The van der Waals surface area contributed by atoms with Gasteiger partial charge in [0.1, 0.15) is 23.6 Å². The number of carbonyl (C=O) groups is 1. The minimum absolute atomic E-state index is 0.0198. The van der Waals surface area contributed by atoms with Crippen LogP contribution in [0.4, 0.5) is 5.82 Å². The van der Waals surface area contributed by atoms with Gasteiger partial charge in [-0.25, -0.2) is 9.50 Å². The van der Waals surface area contributed by atoms with Gasteiger partial charge in [-0.2, -0.15) is 10.4 Å². The number of ether oxygens (including phenoxy) is 2. The van der Waals surface area contributed by atoms with Gasteiger partial charge in [-0.15, -0.1) is 0 Å². The summed E-state index contributed by atoms with van der Waals surface area (Å²) in [6, 6.07) is 9.49. The number of amides is 1. The highest BCUT2D eigenvalue weighted by Crippen LogP contribution is 2.33. The molecule has 0 radical (unpaired) electrons. The summed E-state index contributed by atoms with van der Waals surface area (Å²) in [5.41, 5.74) is 2.76. The molecule has 9 heteroatoms. The molecule has 31 heavy (non-hydrogen) atoms. The van der Waals surface area contributed by atoms with Crippen LogP contribution in [0.1, 0.15) is 18.5 Å². The van der Waals surface area contributed by atoms with Crippen molar-refractivity contribution in [1.29, 1.82) is 5.26 Å². The lowest BCUT2D eigenvalue weighted by Crippen LogP contribution is -2.32. The number of aromatic nitrogens is 3. The van der Waals surface area contributed by atoms with Crippen LogP contribution < -0.4 is 15.4 Å². The maximum Gasteiger partial charge on any atom is 0.228 e. The van der Waals surface area contributed by atoms with E-state index in [1.807, 2.05) is 24.4 Å². The van der Waals surface area contributed by atoms with E-state index in [2.05, 4.69) is 26.8 Å². The summed E-state index contributed by atoms with van der Waals surface area (Å²) < 4.78 is 13.5. The molecule has 1 atom stereocenters. The number of nitrogens with one attached hydrogen (secondary N) is 2. The van der Waals surface area contributed by atoms with Crippen molar-refractivity contribution in [2.45, 2.75) is 18.9 Å². The lowest BCUT2D eigenvalue weighted by molar-refractivity contribution is -0.117. The molecule has 2 N–H and O–H groups in total. The van der Waals surface area contributed by atoms with E-state index in [-0.39, 0.29) is 17.9 Å². The molecule has 3 aromatic rings. The molecule has 3 aromatic heterocycles. The minimum Gasteiger partial charge on any atom is -0.484 e. The van der Waals surface area contributed by atoms with Crippen LogP contribution in [0.5, 0.6) is 5.75 Å². The van der Waals surface area contributed by atoms with Gasteiger partial charge < -0.3 is 20.1 Å². The molecule has 0 unspecified atom stereocenters. The number of fused-ring (bicyclic) bond motifs is 1. The number of rotatable bonds is 5. The standard InChI is InChI=1S/C22H22N6O3/c23-10-16-8-19(20(12-25-16)31-18-11-24-4-6-30-13-18)15-3-5-28-17(7-15)9-21(27-28)26-22(29)14-1-2-14/h3,5,7-9,12,14,18,24H,1-2,4,6,11,13H2,(H,26,27,29)/t18-/m1/s1. The highest BCUT2D eigenvalue weighted by Gasteiger charge is 2.30. The van der Waals surface area contributed by atoms with Crippen molar-refractivity contribution in [2.24, 2.45) is 5.92 Å². The highest BCUT2D eigenvalue weighted by atomic mass is 16.5. The van der Waals surface area contributed by atoms with Crippen LogP contribution in [0.25, 0.3) is 16.6 Å². The maximum atomic E-state index is 12.0. The Balaban J connectivity index is 1.45. The fourth-order valence-corrected chi connectivity index (χ4v) is 3.56.